The van der Waals surface area contributed by atoms with E-state index in [4.69, 9.17) is 0 Å². The van der Waals surface area contributed by atoms with Gasteiger partial charge in [-0.05, 0) is 0 Å². The van der Waals surface area contributed by atoms with E-state index in [9.17, 15) is 19.7 Å². The van der Waals surface area contributed by atoms with Crippen molar-refractivity contribution in [3.63, 3.8) is 0 Å². The summed E-state index contributed by atoms with van der Waals surface area (Å²) < 4.78 is 1.71. The monoisotopic (exact) mass is 240 g/mol. The average molecular weight is 240 g/mol. The summed E-state index contributed by atoms with van der Waals surface area (Å²) in [7, 11) is 2.54. The minimum atomic E-state index is -0.940. The molecule has 0 amide bonds. The van der Waals surface area contributed by atoms with E-state index in [0.717, 1.165) is 4.57 Å². The third-order valence-electron chi connectivity index (χ3n) is 2.24. The van der Waals surface area contributed by atoms with E-state index in [-0.39, 0.29) is 12.4 Å². The van der Waals surface area contributed by atoms with E-state index in [0.29, 0.717) is 4.57 Å². The van der Waals surface area contributed by atoms with Crippen LogP contribution in [0.2, 0.25) is 0 Å². The molecule has 0 bridgehead atoms. The van der Waals surface area contributed by atoms with Gasteiger partial charge in [0.15, 0.2) is 5.82 Å². The zero-order valence-corrected chi connectivity index (χ0v) is 9.47. The number of anilines is 1. The van der Waals surface area contributed by atoms with Gasteiger partial charge in [-0.2, -0.15) is 0 Å². The van der Waals surface area contributed by atoms with Gasteiger partial charge in [-0.25, -0.2) is 4.79 Å². The van der Waals surface area contributed by atoms with Crippen LogP contribution in [0.5, 0.6) is 0 Å². The van der Waals surface area contributed by atoms with Crippen LogP contribution in [-0.4, -0.2) is 20.6 Å². The Morgan fingerprint density at radius 1 is 1.41 bits per heavy atom. The molecule has 17 heavy (non-hydrogen) atoms. The highest BCUT2D eigenvalue weighted by molar-refractivity contribution is 5.55. The van der Waals surface area contributed by atoms with Crippen LogP contribution in [0.1, 0.15) is 0 Å². The van der Waals surface area contributed by atoms with Gasteiger partial charge in [-0.15, -0.1) is 6.58 Å². The van der Waals surface area contributed by atoms with Crippen molar-refractivity contribution in [2.24, 2.45) is 14.1 Å². The molecule has 0 unspecified atom stereocenters. The van der Waals surface area contributed by atoms with Crippen molar-refractivity contribution in [1.29, 1.82) is 0 Å². The van der Waals surface area contributed by atoms with Gasteiger partial charge in [0.2, 0.25) is 0 Å². The summed E-state index contributed by atoms with van der Waals surface area (Å²) >= 11 is 0. The molecule has 1 N–H and O–H groups in total. The highest BCUT2D eigenvalue weighted by atomic mass is 16.6. The summed E-state index contributed by atoms with van der Waals surface area (Å²) in [6.45, 7) is 3.65. The van der Waals surface area contributed by atoms with Gasteiger partial charge in [-0.3, -0.25) is 24.0 Å². The molecule has 1 aromatic rings. The van der Waals surface area contributed by atoms with Crippen molar-refractivity contribution in [2.75, 3.05) is 11.9 Å². The fraction of sp³-hybridized carbons (Fsp3) is 0.333. The Morgan fingerprint density at radius 2 is 2.00 bits per heavy atom. The van der Waals surface area contributed by atoms with Crippen LogP contribution in [-0.2, 0) is 14.1 Å². The van der Waals surface area contributed by atoms with E-state index in [1.54, 1.807) is 0 Å². The highest BCUT2D eigenvalue weighted by Gasteiger charge is 2.24. The standard InChI is InChI=1S/C9H12N4O4/c1-4-5-10-7-6(13(16)17)8(14)12(3)9(15)11(7)2/h4,10H,1,5H2,2-3H3. The Balaban J connectivity index is 3.65. The predicted molar refractivity (Wildman–Crippen MR) is 62.3 cm³/mol. The number of nitro groups is 1. The van der Waals surface area contributed by atoms with Gasteiger partial charge < -0.3 is 5.32 Å². The average Bonchev–Trinajstić information content (AvgIpc) is 2.28. The number of hydrogen-bond acceptors (Lipinski definition) is 5. The highest BCUT2D eigenvalue weighted by Crippen LogP contribution is 2.16. The number of nitrogens with one attached hydrogen (secondary N) is 1. The molecule has 1 aromatic heterocycles. The molecule has 0 spiro atoms. The first-order chi connectivity index (χ1) is 7.91. The molecule has 0 saturated carbocycles. The molecule has 0 aromatic carbocycles. The maximum Gasteiger partial charge on any atom is 0.374 e. The summed E-state index contributed by atoms with van der Waals surface area (Å²) in [5.41, 5.74) is -2.23. The van der Waals surface area contributed by atoms with Crippen molar-refractivity contribution in [3.05, 3.63) is 43.6 Å². The molecular weight excluding hydrogens is 228 g/mol. The summed E-state index contributed by atoms with van der Waals surface area (Å²) in [6, 6.07) is 0. The fourth-order valence-electron chi connectivity index (χ4n) is 1.36. The van der Waals surface area contributed by atoms with E-state index < -0.39 is 21.9 Å². The van der Waals surface area contributed by atoms with E-state index in [1.165, 1.54) is 20.2 Å². The van der Waals surface area contributed by atoms with Crippen LogP contribution in [0.4, 0.5) is 11.5 Å². The molecule has 92 valence electrons. The quantitative estimate of drug-likeness (QED) is 0.438. The topological polar surface area (TPSA) is 99.2 Å². The maximum atomic E-state index is 11.6. The lowest BCUT2D eigenvalue weighted by molar-refractivity contribution is -0.386. The Bertz CT molecular complexity index is 584. The first kappa shape index (κ1) is 12.7. The summed E-state index contributed by atoms with van der Waals surface area (Å²) in [5.74, 6) is -0.122. The van der Waals surface area contributed by atoms with Gasteiger partial charge in [0.05, 0.1) is 4.92 Å². The first-order valence-corrected chi connectivity index (χ1v) is 4.71. The Morgan fingerprint density at radius 3 is 2.47 bits per heavy atom. The summed E-state index contributed by atoms with van der Waals surface area (Å²) in [4.78, 5) is 33.2. The van der Waals surface area contributed by atoms with Crippen LogP contribution in [0.3, 0.4) is 0 Å². The van der Waals surface area contributed by atoms with Gasteiger partial charge >= 0.3 is 16.9 Å². The lowest BCUT2D eigenvalue weighted by atomic mass is 10.4. The van der Waals surface area contributed by atoms with Crippen molar-refractivity contribution in [1.82, 2.24) is 9.13 Å². The van der Waals surface area contributed by atoms with Crippen LogP contribution < -0.4 is 16.6 Å². The molecule has 0 aliphatic heterocycles. The van der Waals surface area contributed by atoms with E-state index in [2.05, 4.69) is 11.9 Å². The Kier molecular flexibility index (Phi) is 3.46. The smallest absolute Gasteiger partial charge is 0.362 e. The Labute approximate surface area is 96.0 Å². The lowest BCUT2D eigenvalue weighted by Gasteiger charge is -2.10. The van der Waals surface area contributed by atoms with Gasteiger partial charge in [0, 0.05) is 20.6 Å². The van der Waals surface area contributed by atoms with Crippen LogP contribution >= 0.6 is 0 Å². The number of aromatic nitrogens is 2. The molecule has 0 radical (unpaired) electrons. The first-order valence-electron chi connectivity index (χ1n) is 4.71. The molecule has 0 saturated heterocycles. The fourth-order valence-corrected chi connectivity index (χ4v) is 1.36. The minimum Gasteiger partial charge on any atom is -0.362 e. The third kappa shape index (κ3) is 2.10. The van der Waals surface area contributed by atoms with E-state index >= 15 is 0 Å². The largest absolute Gasteiger partial charge is 0.374 e. The zero-order chi connectivity index (χ0) is 13.2. The number of nitrogens with zero attached hydrogens (tertiary/aromatic N) is 3. The lowest BCUT2D eigenvalue weighted by Crippen LogP contribution is -2.39. The number of rotatable bonds is 4. The molecule has 0 fully saturated rings. The van der Waals surface area contributed by atoms with Crippen molar-refractivity contribution >= 4 is 11.5 Å². The van der Waals surface area contributed by atoms with Crippen LogP contribution in [0, 0.1) is 10.1 Å². The second-order valence-corrected chi connectivity index (χ2v) is 3.33. The Hall–Kier alpha value is -2.38. The van der Waals surface area contributed by atoms with Crippen LogP contribution in [0.25, 0.3) is 0 Å². The molecule has 0 atom stereocenters. The van der Waals surface area contributed by atoms with Gasteiger partial charge in [0.25, 0.3) is 0 Å². The molecule has 0 aliphatic carbocycles. The second-order valence-electron chi connectivity index (χ2n) is 3.33. The molecule has 8 heteroatoms. The summed E-state index contributed by atoms with van der Waals surface area (Å²) in [5, 5.41) is 13.4. The predicted octanol–water partition coefficient (Wildman–Crippen LogP) is -0.410. The minimum absolute atomic E-state index is 0.122. The SMILES string of the molecule is C=CCNc1c([N+](=O)[O-])c(=O)n(C)c(=O)n1C. The molecular formula is C9H12N4O4. The van der Waals surface area contributed by atoms with Gasteiger partial charge in [-0.1, -0.05) is 6.08 Å². The maximum absolute atomic E-state index is 11.6. The molecule has 0 aliphatic rings. The second kappa shape index (κ2) is 4.64. The zero-order valence-electron chi connectivity index (χ0n) is 9.47. The normalized spacial score (nSPS) is 10.0. The number of hydrogen-bond donors (Lipinski definition) is 1. The van der Waals surface area contributed by atoms with Gasteiger partial charge in [0.1, 0.15) is 0 Å². The van der Waals surface area contributed by atoms with Crippen molar-refractivity contribution in [2.45, 2.75) is 0 Å². The molecule has 1 heterocycles. The molecule has 1 rings (SSSR count). The molecule has 8 nitrogen and oxygen atoms in total. The van der Waals surface area contributed by atoms with Crippen molar-refractivity contribution < 1.29 is 4.92 Å². The summed E-state index contributed by atoms with van der Waals surface area (Å²) in [6.07, 6.45) is 1.46. The van der Waals surface area contributed by atoms with E-state index in [1.807, 2.05) is 0 Å². The van der Waals surface area contributed by atoms with Crippen molar-refractivity contribution in [3.8, 4) is 0 Å². The third-order valence-corrected chi connectivity index (χ3v) is 2.24. The van der Waals surface area contributed by atoms with Crippen LogP contribution in [0.15, 0.2) is 22.2 Å².